The van der Waals surface area contributed by atoms with E-state index in [-0.39, 0.29) is 21.0 Å². The molecule has 28 heavy (non-hydrogen) atoms. The number of fused-ring (bicyclic) bond motifs is 4. The topological polar surface area (TPSA) is 0 Å². The van der Waals surface area contributed by atoms with E-state index >= 15 is 8.78 Å². The van der Waals surface area contributed by atoms with Crippen LogP contribution < -0.4 is 0 Å². The molecule has 0 radical (unpaired) electrons. The van der Waals surface area contributed by atoms with Crippen LogP contribution in [0.1, 0.15) is 25.7 Å². The van der Waals surface area contributed by atoms with Gasteiger partial charge in [0, 0.05) is 40.3 Å². The van der Waals surface area contributed by atoms with Crippen LogP contribution in [0.2, 0.25) is 0 Å². The quantitative estimate of drug-likeness (QED) is 0.242. The summed E-state index contributed by atoms with van der Waals surface area (Å²) in [7, 11) is 0. The molecule has 12 unspecified atom stereocenters. The van der Waals surface area contributed by atoms with Crippen LogP contribution in [0.25, 0.3) is 0 Å². The third-order valence-corrected chi connectivity index (χ3v) is 19.8. The SMILES string of the molecule is FC1C2SC3CC(Br)C(Br)CC3SC2C(F)C2SC3CC(Br)C(Br)CC3SC12. The normalized spacial score (nSPS) is 61.5. The maximum atomic E-state index is 15.8. The van der Waals surface area contributed by atoms with E-state index in [4.69, 9.17) is 0 Å². The summed E-state index contributed by atoms with van der Waals surface area (Å²) in [6.07, 6.45) is 2.38. The highest BCUT2D eigenvalue weighted by Gasteiger charge is 2.60. The van der Waals surface area contributed by atoms with Crippen molar-refractivity contribution in [3.63, 3.8) is 0 Å². The Morgan fingerprint density at radius 1 is 0.464 bits per heavy atom. The number of alkyl halides is 6. The van der Waals surface area contributed by atoms with Crippen LogP contribution in [-0.4, -0.2) is 73.7 Å². The first-order valence-electron chi connectivity index (χ1n) is 9.79. The molecule has 0 aromatic carbocycles. The predicted octanol–water partition coefficient (Wildman–Crippen LogP) is 7.23. The number of halogens is 6. The summed E-state index contributed by atoms with van der Waals surface area (Å²) in [4.78, 5) is 1.74. The average molecular weight is 724 g/mol. The molecule has 10 heteroatoms. The molecule has 12 atom stereocenters. The lowest BCUT2D eigenvalue weighted by Crippen LogP contribution is -2.62. The number of thioether (sulfide) groups is 4. The Hall–Kier alpha value is 3.18. The van der Waals surface area contributed by atoms with Crippen LogP contribution in [0.3, 0.4) is 0 Å². The molecule has 5 rings (SSSR count). The van der Waals surface area contributed by atoms with E-state index in [0.717, 1.165) is 25.7 Å². The summed E-state index contributed by atoms with van der Waals surface area (Å²) in [5, 5.41) is 1.01. The van der Waals surface area contributed by atoms with Crippen LogP contribution in [0.4, 0.5) is 8.78 Å². The van der Waals surface area contributed by atoms with E-state index in [1.54, 1.807) is 47.0 Å². The van der Waals surface area contributed by atoms with Gasteiger partial charge >= 0.3 is 0 Å². The van der Waals surface area contributed by atoms with Crippen molar-refractivity contribution in [1.29, 1.82) is 0 Å². The molecule has 160 valence electrons. The third-order valence-electron chi connectivity index (χ3n) is 6.67. The average Bonchev–Trinajstić information content (AvgIpc) is 2.66. The molecule has 0 bridgehead atoms. The fraction of sp³-hybridized carbons (Fsp3) is 1.00. The minimum Gasteiger partial charge on any atom is -0.245 e. The molecule has 0 amide bonds. The van der Waals surface area contributed by atoms with Gasteiger partial charge in [-0.15, -0.1) is 47.0 Å². The first-order chi connectivity index (χ1) is 13.3. The zero-order valence-electron chi connectivity index (χ0n) is 14.8. The van der Waals surface area contributed by atoms with Crippen molar-refractivity contribution in [3.05, 3.63) is 0 Å². The van der Waals surface area contributed by atoms with E-state index in [1.807, 2.05) is 0 Å². The van der Waals surface area contributed by atoms with Crippen molar-refractivity contribution in [2.45, 2.75) is 99.3 Å². The molecule has 0 spiro atoms. The lowest BCUT2D eigenvalue weighted by molar-refractivity contribution is 0.193. The molecule has 3 aliphatic carbocycles. The van der Waals surface area contributed by atoms with Gasteiger partial charge in [0.2, 0.25) is 0 Å². The molecule has 2 saturated heterocycles. The Labute approximate surface area is 216 Å². The standard InChI is InChI=1S/C18H22Br4F2S4/c19-5-1-9-10(2-6(5)20)26-16-14(24)18-17(13(23)15(16)25-9)27-11-3-7(21)8(22)4-12(11)28-18/h5-18H,1-4H2. The summed E-state index contributed by atoms with van der Waals surface area (Å²) in [5.74, 6) is 0. The van der Waals surface area contributed by atoms with Crippen LogP contribution in [0.5, 0.6) is 0 Å². The molecular weight excluding hydrogens is 702 g/mol. The Balaban J connectivity index is 1.35. The lowest BCUT2D eigenvalue weighted by atomic mass is 9.94. The van der Waals surface area contributed by atoms with Crippen molar-refractivity contribution in [1.82, 2.24) is 0 Å². The van der Waals surface area contributed by atoms with Gasteiger partial charge in [-0.25, -0.2) is 8.78 Å². The second-order valence-electron chi connectivity index (χ2n) is 8.45. The van der Waals surface area contributed by atoms with Crippen LogP contribution in [-0.2, 0) is 0 Å². The van der Waals surface area contributed by atoms with Crippen LogP contribution in [0, 0.1) is 0 Å². The molecule has 0 aromatic heterocycles. The van der Waals surface area contributed by atoms with Crippen LogP contribution in [0.15, 0.2) is 0 Å². The number of hydrogen-bond acceptors (Lipinski definition) is 4. The Bertz CT molecular complexity index is 508. The highest BCUT2D eigenvalue weighted by atomic mass is 79.9. The maximum absolute atomic E-state index is 15.8. The van der Waals surface area contributed by atoms with Crippen molar-refractivity contribution >= 4 is 111 Å². The molecular formula is C18H22Br4F2S4. The molecule has 0 nitrogen and oxygen atoms in total. The maximum Gasteiger partial charge on any atom is 0.126 e. The van der Waals surface area contributed by atoms with Gasteiger partial charge in [0.25, 0.3) is 0 Å². The van der Waals surface area contributed by atoms with Gasteiger partial charge in [-0.2, -0.15) is 0 Å². The van der Waals surface area contributed by atoms with Crippen molar-refractivity contribution in [3.8, 4) is 0 Å². The second kappa shape index (κ2) is 9.09. The largest absolute Gasteiger partial charge is 0.245 e. The molecule has 2 aliphatic heterocycles. The Kier molecular flexibility index (Phi) is 7.45. The van der Waals surface area contributed by atoms with E-state index < -0.39 is 12.3 Å². The molecule has 3 saturated carbocycles. The predicted molar refractivity (Wildman–Crippen MR) is 140 cm³/mol. The highest BCUT2D eigenvalue weighted by molar-refractivity contribution is 9.12. The van der Waals surface area contributed by atoms with Gasteiger partial charge in [0.15, 0.2) is 0 Å². The fourth-order valence-corrected chi connectivity index (χ4v) is 16.9. The summed E-state index contributed by atoms with van der Waals surface area (Å²) in [6, 6.07) is 0. The van der Waals surface area contributed by atoms with Gasteiger partial charge in [-0.1, -0.05) is 63.7 Å². The Morgan fingerprint density at radius 2 is 0.679 bits per heavy atom. The van der Waals surface area contributed by atoms with E-state index in [0.29, 0.717) is 40.3 Å². The molecule has 5 aliphatic rings. The molecule has 0 aromatic rings. The van der Waals surface area contributed by atoms with Gasteiger partial charge in [-0.3, -0.25) is 0 Å². The molecule has 5 fully saturated rings. The lowest BCUT2D eigenvalue weighted by Gasteiger charge is -2.56. The van der Waals surface area contributed by atoms with E-state index in [9.17, 15) is 0 Å². The van der Waals surface area contributed by atoms with Gasteiger partial charge in [0.1, 0.15) is 12.3 Å². The number of rotatable bonds is 0. The molecule has 0 N–H and O–H groups in total. The second-order valence-corrected chi connectivity index (χ2v) is 18.8. The number of hydrogen-bond donors (Lipinski definition) is 0. The summed E-state index contributed by atoms with van der Waals surface area (Å²) < 4.78 is 31.6. The Morgan fingerprint density at radius 3 is 0.893 bits per heavy atom. The first kappa shape index (κ1) is 22.9. The van der Waals surface area contributed by atoms with Crippen molar-refractivity contribution in [2.24, 2.45) is 0 Å². The summed E-state index contributed by atoms with van der Waals surface area (Å²) in [5.41, 5.74) is 0. The van der Waals surface area contributed by atoms with Crippen molar-refractivity contribution in [2.75, 3.05) is 0 Å². The summed E-state index contributed by atoms with van der Waals surface area (Å²) >= 11 is 22.2. The van der Waals surface area contributed by atoms with Gasteiger partial charge in [0.05, 0.1) is 21.0 Å². The molecule has 2 heterocycles. The highest BCUT2D eigenvalue weighted by Crippen LogP contribution is 2.60. The third kappa shape index (κ3) is 4.10. The fourth-order valence-electron chi connectivity index (χ4n) is 5.17. The van der Waals surface area contributed by atoms with Gasteiger partial charge < -0.3 is 0 Å². The van der Waals surface area contributed by atoms with Crippen LogP contribution >= 0.6 is 111 Å². The van der Waals surface area contributed by atoms with Gasteiger partial charge in [-0.05, 0) is 25.7 Å². The minimum absolute atomic E-state index is 0.189. The zero-order chi connectivity index (χ0) is 19.7. The zero-order valence-corrected chi connectivity index (χ0v) is 24.4. The van der Waals surface area contributed by atoms with E-state index in [2.05, 4.69) is 63.7 Å². The summed E-state index contributed by atoms with van der Waals surface area (Å²) in [6.45, 7) is 0. The van der Waals surface area contributed by atoms with E-state index in [1.165, 1.54) is 0 Å². The smallest absolute Gasteiger partial charge is 0.126 e. The first-order valence-corrected chi connectivity index (χ1v) is 17.2. The minimum atomic E-state index is -0.898. The van der Waals surface area contributed by atoms with Crippen molar-refractivity contribution < 1.29 is 8.78 Å². The monoisotopic (exact) mass is 720 g/mol.